The Bertz CT molecular complexity index is 128. The van der Waals surface area contributed by atoms with Crippen LogP contribution in [0, 0.1) is 0 Å². The first-order chi connectivity index (χ1) is 4.09. The summed E-state index contributed by atoms with van der Waals surface area (Å²) in [5.74, 6) is -0.899. The lowest BCUT2D eigenvalue weighted by atomic mass is 10.1. The van der Waals surface area contributed by atoms with E-state index < -0.39 is 17.7 Å². The predicted octanol–water partition coefficient (Wildman–Crippen LogP) is -0.0846. The molecule has 0 heterocycles. The van der Waals surface area contributed by atoms with Crippen molar-refractivity contribution in [1.29, 1.82) is 0 Å². The van der Waals surface area contributed by atoms with Crippen molar-refractivity contribution >= 4 is 11.6 Å². The normalized spacial score (nSPS) is 12.8. The summed E-state index contributed by atoms with van der Waals surface area (Å²) in [4.78, 5) is 20.8. The SMILES string of the molecule is CCC(=O)C(O)C(C)=O. The van der Waals surface area contributed by atoms with Gasteiger partial charge >= 0.3 is 0 Å². The fraction of sp³-hybridized carbons (Fsp3) is 0.667. The van der Waals surface area contributed by atoms with E-state index in [1.807, 2.05) is 0 Å². The van der Waals surface area contributed by atoms with Crippen molar-refractivity contribution < 1.29 is 14.7 Å². The summed E-state index contributed by atoms with van der Waals surface area (Å²) in [6.07, 6.45) is -1.18. The molecule has 0 saturated heterocycles. The number of Topliss-reactive ketones (excluding diaryl/α,β-unsaturated/α-hetero) is 2. The van der Waals surface area contributed by atoms with Gasteiger partial charge in [0, 0.05) is 6.42 Å². The highest BCUT2D eigenvalue weighted by molar-refractivity contribution is 6.03. The highest BCUT2D eigenvalue weighted by Gasteiger charge is 2.16. The van der Waals surface area contributed by atoms with Gasteiger partial charge in [-0.2, -0.15) is 0 Å². The highest BCUT2D eigenvalue weighted by Crippen LogP contribution is 1.90. The molecule has 1 atom stereocenters. The molecule has 0 amide bonds. The molecule has 9 heavy (non-hydrogen) atoms. The highest BCUT2D eigenvalue weighted by atomic mass is 16.3. The first-order valence-electron chi connectivity index (χ1n) is 2.80. The van der Waals surface area contributed by atoms with Crippen LogP contribution in [0.15, 0.2) is 0 Å². The number of carbonyl (C=O) groups is 2. The van der Waals surface area contributed by atoms with Crippen LogP contribution in [-0.4, -0.2) is 22.8 Å². The number of aliphatic hydroxyl groups excluding tert-OH is 1. The van der Waals surface area contributed by atoms with Crippen LogP contribution in [0.25, 0.3) is 0 Å². The largest absolute Gasteiger partial charge is 0.378 e. The van der Waals surface area contributed by atoms with Crippen LogP contribution < -0.4 is 0 Å². The van der Waals surface area contributed by atoms with Gasteiger partial charge in [-0.25, -0.2) is 0 Å². The number of hydrogen-bond donors (Lipinski definition) is 1. The van der Waals surface area contributed by atoms with Crippen molar-refractivity contribution in [1.82, 2.24) is 0 Å². The van der Waals surface area contributed by atoms with Crippen LogP contribution in [-0.2, 0) is 9.59 Å². The van der Waals surface area contributed by atoms with E-state index in [0.29, 0.717) is 0 Å². The van der Waals surface area contributed by atoms with Crippen LogP contribution in [0.5, 0.6) is 0 Å². The molecule has 0 spiro atoms. The molecule has 0 aliphatic carbocycles. The third-order valence-electron chi connectivity index (χ3n) is 1.04. The minimum absolute atomic E-state index is 0.209. The summed E-state index contributed by atoms with van der Waals surface area (Å²) in [7, 11) is 0. The lowest BCUT2D eigenvalue weighted by Crippen LogP contribution is -2.26. The number of hydrogen-bond acceptors (Lipinski definition) is 3. The molecule has 0 saturated carbocycles. The van der Waals surface area contributed by atoms with E-state index >= 15 is 0 Å². The van der Waals surface area contributed by atoms with Crippen molar-refractivity contribution in [3.05, 3.63) is 0 Å². The van der Waals surface area contributed by atoms with Crippen LogP contribution in [0.4, 0.5) is 0 Å². The molecular formula is C6H10O3. The summed E-state index contributed by atoms with van der Waals surface area (Å²) < 4.78 is 0. The summed E-state index contributed by atoms with van der Waals surface area (Å²) in [6.45, 7) is 2.80. The summed E-state index contributed by atoms with van der Waals surface area (Å²) in [6, 6.07) is 0. The third kappa shape index (κ3) is 2.37. The van der Waals surface area contributed by atoms with E-state index in [0.717, 1.165) is 0 Å². The van der Waals surface area contributed by atoms with Crippen molar-refractivity contribution in [3.8, 4) is 0 Å². The molecule has 1 unspecified atom stereocenters. The minimum Gasteiger partial charge on any atom is -0.378 e. The van der Waals surface area contributed by atoms with Gasteiger partial charge in [0.1, 0.15) is 0 Å². The average Bonchev–Trinajstić information content (AvgIpc) is 1.84. The average molecular weight is 130 g/mol. The van der Waals surface area contributed by atoms with Gasteiger partial charge in [-0.05, 0) is 6.92 Å². The standard InChI is InChI=1S/C6H10O3/c1-3-5(8)6(9)4(2)7/h6,9H,3H2,1-2H3. The second kappa shape index (κ2) is 3.35. The molecule has 1 N–H and O–H groups in total. The van der Waals surface area contributed by atoms with E-state index in [4.69, 9.17) is 5.11 Å². The summed E-state index contributed by atoms with van der Waals surface area (Å²) >= 11 is 0. The van der Waals surface area contributed by atoms with Gasteiger partial charge in [0.25, 0.3) is 0 Å². The van der Waals surface area contributed by atoms with E-state index in [1.54, 1.807) is 6.92 Å². The molecular weight excluding hydrogens is 120 g/mol. The zero-order valence-electron chi connectivity index (χ0n) is 5.55. The molecule has 3 heteroatoms. The first-order valence-corrected chi connectivity index (χ1v) is 2.80. The monoisotopic (exact) mass is 130 g/mol. The first kappa shape index (κ1) is 8.30. The van der Waals surface area contributed by atoms with Crippen molar-refractivity contribution in [2.24, 2.45) is 0 Å². The Balaban J connectivity index is 3.88. The number of rotatable bonds is 3. The van der Waals surface area contributed by atoms with Crippen LogP contribution in [0.3, 0.4) is 0 Å². The molecule has 0 bridgehead atoms. The fourth-order valence-electron chi connectivity index (χ4n) is 0.420. The zero-order chi connectivity index (χ0) is 7.44. The second-order valence-corrected chi connectivity index (χ2v) is 1.83. The van der Waals surface area contributed by atoms with E-state index in [2.05, 4.69) is 0 Å². The van der Waals surface area contributed by atoms with Gasteiger partial charge in [-0.3, -0.25) is 9.59 Å². The number of carbonyl (C=O) groups excluding carboxylic acids is 2. The number of ketones is 2. The van der Waals surface area contributed by atoms with Crippen molar-refractivity contribution in [2.75, 3.05) is 0 Å². The predicted molar refractivity (Wildman–Crippen MR) is 32.0 cm³/mol. The smallest absolute Gasteiger partial charge is 0.170 e. The third-order valence-corrected chi connectivity index (χ3v) is 1.04. The lowest BCUT2D eigenvalue weighted by molar-refractivity contribution is -0.137. The molecule has 0 aromatic carbocycles. The van der Waals surface area contributed by atoms with Crippen molar-refractivity contribution in [2.45, 2.75) is 26.4 Å². The Morgan fingerprint density at radius 3 is 2.11 bits per heavy atom. The molecule has 0 aliphatic rings. The van der Waals surface area contributed by atoms with E-state index in [1.165, 1.54) is 6.92 Å². The molecule has 0 rings (SSSR count). The lowest BCUT2D eigenvalue weighted by Gasteiger charge is -2.00. The molecule has 0 aromatic heterocycles. The Kier molecular flexibility index (Phi) is 3.09. The van der Waals surface area contributed by atoms with Crippen LogP contribution >= 0.6 is 0 Å². The van der Waals surface area contributed by atoms with Crippen LogP contribution in [0.1, 0.15) is 20.3 Å². The van der Waals surface area contributed by atoms with Gasteiger partial charge in [-0.15, -0.1) is 0 Å². The molecule has 0 fully saturated rings. The molecule has 0 aliphatic heterocycles. The fourth-order valence-corrected chi connectivity index (χ4v) is 0.420. The van der Waals surface area contributed by atoms with Gasteiger partial charge in [0.2, 0.25) is 0 Å². The Labute approximate surface area is 53.7 Å². The molecule has 52 valence electrons. The zero-order valence-corrected chi connectivity index (χ0v) is 5.55. The Hall–Kier alpha value is -0.700. The van der Waals surface area contributed by atoms with Gasteiger partial charge < -0.3 is 5.11 Å². The molecule has 0 aromatic rings. The quantitative estimate of drug-likeness (QED) is 0.543. The summed E-state index contributed by atoms with van der Waals surface area (Å²) in [5.41, 5.74) is 0. The minimum atomic E-state index is -1.39. The van der Waals surface area contributed by atoms with Gasteiger partial charge in [-0.1, -0.05) is 6.92 Å². The summed E-state index contributed by atoms with van der Waals surface area (Å²) in [5, 5.41) is 8.70. The topological polar surface area (TPSA) is 54.4 Å². The maximum Gasteiger partial charge on any atom is 0.170 e. The van der Waals surface area contributed by atoms with Gasteiger partial charge in [0.15, 0.2) is 17.7 Å². The maximum atomic E-state index is 10.5. The van der Waals surface area contributed by atoms with Crippen molar-refractivity contribution in [3.63, 3.8) is 0 Å². The van der Waals surface area contributed by atoms with E-state index in [9.17, 15) is 9.59 Å². The number of aliphatic hydroxyl groups is 1. The van der Waals surface area contributed by atoms with Crippen LogP contribution in [0.2, 0.25) is 0 Å². The molecule has 0 radical (unpaired) electrons. The molecule has 3 nitrogen and oxygen atoms in total. The Morgan fingerprint density at radius 1 is 1.56 bits per heavy atom. The van der Waals surface area contributed by atoms with Gasteiger partial charge in [0.05, 0.1) is 0 Å². The Morgan fingerprint density at radius 2 is 2.00 bits per heavy atom. The van der Waals surface area contributed by atoms with E-state index in [-0.39, 0.29) is 6.42 Å². The maximum absolute atomic E-state index is 10.5. The second-order valence-electron chi connectivity index (χ2n) is 1.83.